The van der Waals surface area contributed by atoms with Crippen LogP contribution in [0.1, 0.15) is 0 Å². The van der Waals surface area contributed by atoms with Crippen molar-refractivity contribution in [3.8, 4) is 17.2 Å². The lowest BCUT2D eigenvalue weighted by molar-refractivity contribution is -0.277. The minimum absolute atomic E-state index is 0.0860. The SMILES string of the molecule is OC[C@H]1O[C@@H](Oc2cc(Cl)ccc2Oc2ccc(Cl)cc2Cl)[C@H](O)[C@@H](O)[C@@H]1O. The zero-order valence-electron chi connectivity index (χ0n) is 14.2. The fraction of sp³-hybridized carbons (Fsp3) is 0.333. The average Bonchev–Trinajstić information content (AvgIpc) is 2.66. The van der Waals surface area contributed by atoms with Crippen molar-refractivity contribution in [1.29, 1.82) is 0 Å². The molecule has 0 bridgehead atoms. The van der Waals surface area contributed by atoms with Gasteiger partial charge in [-0.05, 0) is 30.3 Å². The first-order chi connectivity index (χ1) is 13.3. The van der Waals surface area contributed by atoms with E-state index in [0.29, 0.717) is 15.8 Å². The number of rotatable bonds is 5. The van der Waals surface area contributed by atoms with Crippen molar-refractivity contribution in [1.82, 2.24) is 0 Å². The van der Waals surface area contributed by atoms with Crippen molar-refractivity contribution in [3.63, 3.8) is 0 Å². The molecule has 5 atom stereocenters. The Labute approximate surface area is 175 Å². The van der Waals surface area contributed by atoms with E-state index in [9.17, 15) is 20.4 Å². The maximum Gasteiger partial charge on any atom is 0.229 e. The number of aliphatic hydroxyl groups is 4. The van der Waals surface area contributed by atoms with E-state index in [1.54, 1.807) is 18.2 Å². The minimum atomic E-state index is -1.58. The number of hydrogen-bond donors (Lipinski definition) is 4. The standard InChI is InChI=1S/C18H17Cl3O7/c19-8-1-3-11(10(21)5-8)26-12-4-2-9(20)6-13(12)27-18-17(25)16(24)15(23)14(7-22)28-18/h1-6,14-18,22-25H,7H2/t14-,15-,16+,17-,18-/m1/s1. The van der Waals surface area contributed by atoms with Crippen LogP contribution in [0, 0.1) is 0 Å². The quantitative estimate of drug-likeness (QED) is 0.553. The maximum atomic E-state index is 10.2. The predicted molar refractivity (Wildman–Crippen MR) is 102 cm³/mol. The van der Waals surface area contributed by atoms with Gasteiger partial charge < -0.3 is 34.6 Å². The van der Waals surface area contributed by atoms with Crippen LogP contribution in [0.4, 0.5) is 0 Å². The Morgan fingerprint density at radius 1 is 0.821 bits per heavy atom. The Balaban J connectivity index is 1.86. The molecule has 0 amide bonds. The van der Waals surface area contributed by atoms with Gasteiger partial charge in [-0.15, -0.1) is 0 Å². The molecule has 152 valence electrons. The Morgan fingerprint density at radius 3 is 2.11 bits per heavy atom. The van der Waals surface area contributed by atoms with Crippen molar-refractivity contribution in [2.75, 3.05) is 6.61 Å². The molecule has 2 aromatic carbocycles. The van der Waals surface area contributed by atoms with Crippen molar-refractivity contribution < 1.29 is 34.6 Å². The summed E-state index contributed by atoms with van der Waals surface area (Å²) in [5.74, 6) is 0.584. The largest absolute Gasteiger partial charge is 0.458 e. The summed E-state index contributed by atoms with van der Waals surface area (Å²) in [6, 6.07) is 9.16. The Kier molecular flexibility index (Phi) is 6.90. The molecule has 7 nitrogen and oxygen atoms in total. The molecular weight excluding hydrogens is 435 g/mol. The molecule has 1 saturated heterocycles. The summed E-state index contributed by atoms with van der Waals surface area (Å²) in [5, 5.41) is 40.2. The average molecular weight is 452 g/mol. The molecule has 0 aliphatic carbocycles. The highest BCUT2D eigenvalue weighted by Crippen LogP contribution is 2.39. The molecule has 1 aliphatic rings. The fourth-order valence-electron chi connectivity index (χ4n) is 2.62. The third-order valence-electron chi connectivity index (χ3n) is 4.11. The van der Waals surface area contributed by atoms with Crippen LogP contribution in [-0.2, 0) is 4.74 Å². The van der Waals surface area contributed by atoms with Crippen molar-refractivity contribution in [3.05, 3.63) is 51.5 Å². The summed E-state index contributed by atoms with van der Waals surface area (Å²) in [6.07, 6.45) is -7.16. The molecule has 3 rings (SSSR count). The van der Waals surface area contributed by atoms with Crippen LogP contribution in [0.5, 0.6) is 17.2 Å². The summed E-state index contributed by atoms with van der Waals surface area (Å²) < 4.78 is 16.7. The molecule has 0 unspecified atom stereocenters. The zero-order chi connectivity index (χ0) is 20.4. The highest BCUT2D eigenvalue weighted by atomic mass is 35.5. The molecule has 0 spiro atoms. The lowest BCUT2D eigenvalue weighted by Gasteiger charge is -2.39. The van der Waals surface area contributed by atoms with Crippen molar-refractivity contribution in [2.45, 2.75) is 30.7 Å². The lowest BCUT2D eigenvalue weighted by Crippen LogP contribution is -2.60. The molecule has 0 radical (unpaired) electrons. The van der Waals surface area contributed by atoms with Crippen LogP contribution in [0.3, 0.4) is 0 Å². The van der Waals surface area contributed by atoms with E-state index < -0.39 is 37.3 Å². The second-order valence-electron chi connectivity index (χ2n) is 6.08. The van der Waals surface area contributed by atoms with Crippen molar-refractivity contribution in [2.24, 2.45) is 0 Å². The number of aliphatic hydroxyl groups excluding tert-OH is 4. The molecule has 1 fully saturated rings. The number of hydrogen-bond acceptors (Lipinski definition) is 7. The number of halogens is 3. The first kappa shape index (κ1) is 21.4. The smallest absolute Gasteiger partial charge is 0.229 e. The van der Waals surface area contributed by atoms with Crippen LogP contribution in [0.15, 0.2) is 36.4 Å². The predicted octanol–water partition coefficient (Wildman–Crippen LogP) is 2.62. The summed E-state index contributed by atoms with van der Waals surface area (Å²) in [7, 11) is 0. The molecule has 1 heterocycles. The van der Waals surface area contributed by atoms with E-state index in [1.807, 2.05) is 0 Å². The van der Waals surface area contributed by atoms with Crippen LogP contribution in [0.2, 0.25) is 15.1 Å². The van der Waals surface area contributed by atoms with Gasteiger partial charge in [0.1, 0.15) is 30.2 Å². The zero-order valence-corrected chi connectivity index (χ0v) is 16.5. The second kappa shape index (κ2) is 9.02. The van der Waals surface area contributed by atoms with Gasteiger partial charge >= 0.3 is 0 Å². The molecular formula is C18H17Cl3O7. The summed E-state index contributed by atoms with van der Waals surface area (Å²) in [5.41, 5.74) is 0. The Morgan fingerprint density at radius 2 is 1.46 bits per heavy atom. The highest BCUT2D eigenvalue weighted by Gasteiger charge is 2.45. The summed E-state index contributed by atoms with van der Waals surface area (Å²) in [6.45, 7) is -0.579. The molecule has 1 aliphatic heterocycles. The lowest BCUT2D eigenvalue weighted by atomic mass is 9.99. The van der Waals surface area contributed by atoms with Gasteiger partial charge in [0.15, 0.2) is 11.5 Å². The minimum Gasteiger partial charge on any atom is -0.458 e. The van der Waals surface area contributed by atoms with E-state index in [4.69, 9.17) is 49.0 Å². The molecule has 4 N–H and O–H groups in total. The van der Waals surface area contributed by atoms with E-state index in [-0.39, 0.29) is 16.5 Å². The van der Waals surface area contributed by atoms with Gasteiger partial charge in [0.05, 0.1) is 11.6 Å². The Bertz CT molecular complexity index is 833. The third kappa shape index (κ3) is 4.64. The number of benzene rings is 2. The molecule has 0 aromatic heterocycles. The first-order valence-electron chi connectivity index (χ1n) is 8.19. The van der Waals surface area contributed by atoms with Crippen LogP contribution in [-0.4, -0.2) is 57.7 Å². The molecule has 2 aromatic rings. The van der Waals surface area contributed by atoms with Gasteiger partial charge in [0, 0.05) is 16.1 Å². The van der Waals surface area contributed by atoms with Crippen molar-refractivity contribution >= 4 is 34.8 Å². The third-order valence-corrected chi connectivity index (χ3v) is 4.88. The normalized spacial score (nSPS) is 27.5. The second-order valence-corrected chi connectivity index (χ2v) is 7.36. The molecule has 28 heavy (non-hydrogen) atoms. The van der Waals surface area contributed by atoms with Gasteiger partial charge in [-0.25, -0.2) is 0 Å². The van der Waals surface area contributed by atoms with Crippen LogP contribution < -0.4 is 9.47 Å². The fourth-order valence-corrected chi connectivity index (χ4v) is 3.23. The summed E-state index contributed by atoms with van der Waals surface area (Å²) in [4.78, 5) is 0. The first-order valence-corrected chi connectivity index (χ1v) is 9.33. The van der Waals surface area contributed by atoms with Gasteiger partial charge in [-0.1, -0.05) is 34.8 Å². The van der Waals surface area contributed by atoms with Gasteiger partial charge in [0.25, 0.3) is 0 Å². The van der Waals surface area contributed by atoms with Crippen LogP contribution >= 0.6 is 34.8 Å². The Hall–Kier alpha value is -1.29. The molecule has 10 heteroatoms. The van der Waals surface area contributed by atoms with Crippen LogP contribution in [0.25, 0.3) is 0 Å². The van der Waals surface area contributed by atoms with E-state index in [2.05, 4.69) is 0 Å². The van der Waals surface area contributed by atoms with E-state index >= 15 is 0 Å². The van der Waals surface area contributed by atoms with E-state index in [1.165, 1.54) is 18.2 Å². The highest BCUT2D eigenvalue weighted by molar-refractivity contribution is 6.35. The number of ether oxygens (including phenoxy) is 3. The van der Waals surface area contributed by atoms with E-state index in [0.717, 1.165) is 0 Å². The maximum absolute atomic E-state index is 10.2. The topological polar surface area (TPSA) is 109 Å². The van der Waals surface area contributed by atoms with Gasteiger partial charge in [-0.2, -0.15) is 0 Å². The van der Waals surface area contributed by atoms with Gasteiger partial charge in [-0.3, -0.25) is 0 Å². The monoisotopic (exact) mass is 450 g/mol. The summed E-state index contributed by atoms with van der Waals surface area (Å²) >= 11 is 18.0. The van der Waals surface area contributed by atoms with Gasteiger partial charge in [0.2, 0.25) is 6.29 Å². The molecule has 0 saturated carbocycles.